The predicted molar refractivity (Wildman–Crippen MR) is 158 cm³/mol. The molecular formula is C27H29F2N5O9S2. The third-order valence-corrected chi connectivity index (χ3v) is 8.73. The van der Waals surface area contributed by atoms with Crippen LogP contribution in [-0.4, -0.2) is 82.5 Å². The van der Waals surface area contributed by atoms with E-state index in [4.69, 9.17) is 15.3 Å². The zero-order valence-electron chi connectivity index (χ0n) is 24.7. The number of aliphatic carboxylic acids is 1. The number of amides is 2. The molecule has 3 heterocycles. The number of hydrogen-bond donors (Lipinski definition) is 5. The number of aromatic hydroxyl groups is 2. The summed E-state index contributed by atoms with van der Waals surface area (Å²) >= 11 is 1.90. The molecule has 2 aromatic rings. The van der Waals surface area contributed by atoms with E-state index in [1.54, 1.807) is 20.8 Å². The average molecular weight is 670 g/mol. The number of carbonyl (C=O) groups is 4. The first kappa shape index (κ1) is 33.4. The molecule has 0 saturated carbocycles. The molecule has 0 bridgehead atoms. The van der Waals surface area contributed by atoms with Crippen LogP contribution < -0.4 is 11.1 Å². The Hall–Kier alpha value is -4.45. The number of nitrogens with zero attached hydrogens (tertiary/aromatic N) is 3. The van der Waals surface area contributed by atoms with Crippen molar-refractivity contribution in [2.75, 3.05) is 11.5 Å². The topological polar surface area (TPSA) is 214 Å². The molecule has 242 valence electrons. The Morgan fingerprint density at radius 1 is 1.20 bits per heavy atom. The van der Waals surface area contributed by atoms with Gasteiger partial charge in [0.05, 0.1) is 0 Å². The maximum absolute atomic E-state index is 14.8. The fraction of sp³-hybridized carbons (Fsp3) is 0.407. The van der Waals surface area contributed by atoms with Crippen molar-refractivity contribution in [3.8, 4) is 11.5 Å². The number of carboxylic acids is 1. The highest BCUT2D eigenvalue weighted by Crippen LogP contribution is 2.49. The number of carboxylic acid groups (broad SMARTS) is 1. The van der Waals surface area contributed by atoms with Gasteiger partial charge in [-0.2, -0.15) is 0 Å². The first-order valence-electron chi connectivity index (χ1n) is 13.0. The number of benzene rings is 1. The Morgan fingerprint density at radius 3 is 2.40 bits per heavy atom. The van der Waals surface area contributed by atoms with Gasteiger partial charge in [0, 0.05) is 22.3 Å². The number of phenols is 2. The third kappa shape index (κ3) is 6.11. The number of fused-ring (bicyclic) bond motifs is 1. The molecule has 18 heteroatoms. The summed E-state index contributed by atoms with van der Waals surface area (Å²) in [5.41, 5.74) is -0.734. The van der Waals surface area contributed by atoms with Crippen molar-refractivity contribution < 1.29 is 52.9 Å². The normalized spacial score (nSPS) is 20.4. The number of carbonyl (C=O) groups excluding carboxylic acids is 3. The summed E-state index contributed by atoms with van der Waals surface area (Å²) < 4.78 is 34.3. The lowest BCUT2D eigenvalue weighted by Crippen LogP contribution is -2.78. The summed E-state index contributed by atoms with van der Waals surface area (Å²) in [4.78, 5) is 62.3. The summed E-state index contributed by atoms with van der Waals surface area (Å²) in [6.45, 7) is 9.02. The summed E-state index contributed by atoms with van der Waals surface area (Å²) in [6.07, 6.45) is 0. The van der Waals surface area contributed by atoms with Crippen molar-refractivity contribution >= 4 is 63.3 Å². The minimum atomic E-state index is -1.74. The second-order valence-electron chi connectivity index (χ2n) is 11.7. The van der Waals surface area contributed by atoms with Gasteiger partial charge in [0.15, 0.2) is 34.0 Å². The number of phenolic OH excluding ortho intramolecular Hbond substituents is 2. The minimum Gasteiger partial charge on any atom is -0.502 e. The van der Waals surface area contributed by atoms with E-state index in [0.29, 0.717) is 6.07 Å². The van der Waals surface area contributed by atoms with Gasteiger partial charge in [-0.15, -0.1) is 23.1 Å². The Kier molecular flexibility index (Phi) is 8.53. The summed E-state index contributed by atoms with van der Waals surface area (Å²) in [6, 6.07) is 0.510. The Morgan fingerprint density at radius 2 is 1.84 bits per heavy atom. The van der Waals surface area contributed by atoms with Gasteiger partial charge in [0.1, 0.15) is 27.9 Å². The van der Waals surface area contributed by atoms with Crippen LogP contribution in [0.5, 0.6) is 11.5 Å². The zero-order valence-corrected chi connectivity index (χ0v) is 26.4. The minimum absolute atomic E-state index is 0.0449. The van der Waals surface area contributed by atoms with E-state index >= 15 is 0 Å². The molecule has 0 aliphatic carbocycles. The maximum atomic E-state index is 14.8. The smallest absolute Gasteiger partial charge is 0.353 e. The number of thiazole rings is 1. The quantitative estimate of drug-likeness (QED) is 0.0902. The molecule has 1 saturated heterocycles. The fourth-order valence-corrected chi connectivity index (χ4v) is 6.37. The zero-order chi connectivity index (χ0) is 33.8. The van der Waals surface area contributed by atoms with Gasteiger partial charge in [-0.25, -0.2) is 23.4 Å². The summed E-state index contributed by atoms with van der Waals surface area (Å²) in [7, 11) is 0. The van der Waals surface area contributed by atoms with E-state index in [1.807, 2.05) is 0 Å². The number of nitrogens with one attached hydrogen (secondary N) is 1. The molecule has 14 nitrogen and oxygen atoms in total. The van der Waals surface area contributed by atoms with Gasteiger partial charge in [-0.05, 0) is 47.6 Å². The second kappa shape index (κ2) is 11.5. The lowest BCUT2D eigenvalue weighted by atomic mass is 9.87. The molecule has 2 atom stereocenters. The number of oxime groups is 1. The number of ether oxygens (including phenoxy) is 1. The molecule has 0 spiro atoms. The number of halogens is 2. The highest BCUT2D eigenvalue weighted by molar-refractivity contribution is 8.00. The number of β-lactam (4-membered cyclic amide) rings is 1. The molecule has 4 rings (SSSR count). The first-order valence-corrected chi connectivity index (χ1v) is 15.0. The van der Waals surface area contributed by atoms with Crippen molar-refractivity contribution in [2.45, 2.75) is 63.7 Å². The number of aromatic nitrogens is 1. The van der Waals surface area contributed by atoms with E-state index in [1.165, 1.54) is 26.2 Å². The van der Waals surface area contributed by atoms with Crippen LogP contribution in [0.25, 0.3) is 5.57 Å². The second-order valence-corrected chi connectivity index (χ2v) is 13.6. The fourth-order valence-electron chi connectivity index (χ4n) is 4.36. The number of hydrogen-bond acceptors (Lipinski definition) is 13. The van der Waals surface area contributed by atoms with E-state index in [0.717, 1.165) is 28.0 Å². The molecule has 1 fully saturated rings. The predicted octanol–water partition coefficient (Wildman–Crippen LogP) is 2.54. The molecule has 6 N–H and O–H groups in total. The Labute approximate surface area is 262 Å². The van der Waals surface area contributed by atoms with Crippen molar-refractivity contribution in [1.29, 1.82) is 0 Å². The number of thioether (sulfide) groups is 1. The number of nitrogens with two attached hydrogens (primary N) is 1. The van der Waals surface area contributed by atoms with Gasteiger partial charge < -0.3 is 35.9 Å². The summed E-state index contributed by atoms with van der Waals surface area (Å²) in [5, 5.41) is 36.1. The lowest BCUT2D eigenvalue weighted by Gasteiger charge is -2.55. The number of esters is 1. The number of nitrogen functional groups attached to an aromatic ring is 1. The monoisotopic (exact) mass is 669 g/mol. The van der Waals surface area contributed by atoms with Crippen LogP contribution in [0.2, 0.25) is 0 Å². The van der Waals surface area contributed by atoms with Crippen LogP contribution in [-0.2, 0) is 28.8 Å². The van der Waals surface area contributed by atoms with Gasteiger partial charge in [0.2, 0.25) is 5.60 Å². The number of anilines is 1. The highest BCUT2D eigenvalue weighted by Gasteiger charge is 2.63. The largest absolute Gasteiger partial charge is 0.502 e. The molecule has 2 amide bonds. The van der Waals surface area contributed by atoms with Gasteiger partial charge >= 0.3 is 11.9 Å². The molecule has 0 radical (unpaired) electrons. The van der Waals surface area contributed by atoms with Crippen LogP contribution in [0.3, 0.4) is 0 Å². The maximum Gasteiger partial charge on any atom is 0.353 e. The molecule has 2 aliphatic rings. The number of rotatable bonds is 8. The van der Waals surface area contributed by atoms with E-state index in [9.17, 15) is 43.3 Å². The third-order valence-electron chi connectivity index (χ3n) is 6.61. The molecule has 2 aliphatic heterocycles. The van der Waals surface area contributed by atoms with Crippen molar-refractivity contribution in [1.82, 2.24) is 15.2 Å². The van der Waals surface area contributed by atoms with E-state index in [2.05, 4.69) is 15.5 Å². The van der Waals surface area contributed by atoms with Crippen molar-refractivity contribution in [3.05, 3.63) is 40.0 Å². The standard InChI is InChI=1S/C27H29F2N5O9S2/c1-25(2,3)42-23(41)26(4,5)43-33-15(13-9-45-24(30)31-13)19(37)32-27(6)21(40)34-16(20(38)39)11(8-44-22(27)34)10-7-12(28)17(35)18(36)14(10)29/h7,9,22,35-36H,8H2,1-6H3,(H2,30,31)(H,32,37)(H,38,39)/t22-,27?/m0/s1. The lowest BCUT2D eigenvalue weighted by molar-refractivity contribution is -0.179. The highest BCUT2D eigenvalue weighted by atomic mass is 32.2. The van der Waals surface area contributed by atoms with Gasteiger partial charge in [0.25, 0.3) is 11.8 Å². The van der Waals surface area contributed by atoms with E-state index in [-0.39, 0.29) is 22.2 Å². The Balaban J connectivity index is 1.66. The molecule has 1 aromatic heterocycles. The van der Waals surface area contributed by atoms with Gasteiger partial charge in [-0.1, -0.05) is 5.16 Å². The van der Waals surface area contributed by atoms with Crippen LogP contribution in [0.15, 0.2) is 22.3 Å². The van der Waals surface area contributed by atoms with Crippen LogP contribution in [0.1, 0.15) is 52.8 Å². The Bertz CT molecular complexity index is 1680. The SMILES string of the molecule is CC(C)(C)OC(=O)C(C)(C)ON=C(C(=O)NC1(C)C(=O)N2C(C(=O)O)=C(c3cc(F)c(O)c(O)c3F)CS[C@H]21)c1csc(N)n1. The van der Waals surface area contributed by atoms with E-state index < -0.39 is 86.0 Å². The molecule has 45 heavy (non-hydrogen) atoms. The van der Waals surface area contributed by atoms with Crippen LogP contribution in [0, 0.1) is 11.6 Å². The van der Waals surface area contributed by atoms with Crippen LogP contribution in [0.4, 0.5) is 13.9 Å². The molecular weight excluding hydrogens is 640 g/mol. The van der Waals surface area contributed by atoms with Gasteiger partial charge in [-0.3, -0.25) is 14.5 Å². The first-order chi connectivity index (χ1) is 20.7. The van der Waals surface area contributed by atoms with Crippen LogP contribution >= 0.6 is 23.1 Å². The van der Waals surface area contributed by atoms with Crippen molar-refractivity contribution in [2.24, 2.45) is 5.16 Å². The summed E-state index contributed by atoms with van der Waals surface area (Å²) in [5.74, 6) is -10.3. The molecule has 1 aromatic carbocycles. The van der Waals surface area contributed by atoms with Crippen molar-refractivity contribution in [3.63, 3.8) is 0 Å². The average Bonchev–Trinajstić information content (AvgIpc) is 3.37. The molecule has 1 unspecified atom stereocenters.